The zero-order valence-electron chi connectivity index (χ0n) is 17.0. The molecule has 2 N–H and O–H groups in total. The average Bonchev–Trinajstić information content (AvgIpc) is 2.68. The van der Waals surface area contributed by atoms with Crippen LogP contribution in [0.4, 0.5) is 0 Å². The Balaban J connectivity index is 1.97. The van der Waals surface area contributed by atoms with Crippen molar-refractivity contribution in [1.82, 2.24) is 10.9 Å². The molecule has 0 bridgehead atoms. The molecule has 0 radical (unpaired) electrons. The highest BCUT2D eigenvalue weighted by Crippen LogP contribution is 2.29. The molecule has 2 rings (SSSR count). The minimum Gasteiger partial charge on any atom is -0.493 e. The van der Waals surface area contributed by atoms with Crippen molar-refractivity contribution >= 4 is 23.4 Å². The van der Waals surface area contributed by atoms with E-state index in [1.165, 1.54) is 13.2 Å². The molecule has 2 amide bonds. The Labute approximate surface area is 175 Å². The van der Waals surface area contributed by atoms with Gasteiger partial charge in [0.25, 0.3) is 11.8 Å². The van der Waals surface area contributed by atoms with Crippen LogP contribution in [-0.2, 0) is 4.79 Å². The SMILES string of the molecule is COc1cc(C(=O)NNC(=O)C(C)Oc2cc(C)ccc2Cl)ccc1OC(C)C. The molecule has 156 valence electrons. The Morgan fingerprint density at radius 3 is 2.31 bits per heavy atom. The fourth-order valence-corrected chi connectivity index (χ4v) is 2.56. The summed E-state index contributed by atoms with van der Waals surface area (Å²) in [6, 6.07) is 10.0. The third-order valence-electron chi connectivity index (χ3n) is 3.85. The number of hydrazine groups is 1. The summed E-state index contributed by atoms with van der Waals surface area (Å²) in [6.07, 6.45) is -0.905. The highest BCUT2D eigenvalue weighted by Gasteiger charge is 2.18. The van der Waals surface area contributed by atoms with Gasteiger partial charge in [0.2, 0.25) is 0 Å². The number of benzene rings is 2. The van der Waals surface area contributed by atoms with Crippen LogP contribution in [-0.4, -0.2) is 31.1 Å². The average molecular weight is 421 g/mol. The van der Waals surface area contributed by atoms with Gasteiger partial charge in [-0.05, 0) is 63.6 Å². The Morgan fingerprint density at radius 1 is 0.931 bits per heavy atom. The van der Waals surface area contributed by atoms with E-state index < -0.39 is 17.9 Å². The second-order valence-corrected chi connectivity index (χ2v) is 7.08. The van der Waals surface area contributed by atoms with E-state index in [1.807, 2.05) is 26.8 Å². The lowest BCUT2D eigenvalue weighted by Crippen LogP contribution is -2.47. The monoisotopic (exact) mass is 420 g/mol. The first-order chi connectivity index (χ1) is 13.7. The van der Waals surface area contributed by atoms with Gasteiger partial charge < -0.3 is 14.2 Å². The van der Waals surface area contributed by atoms with E-state index in [9.17, 15) is 9.59 Å². The predicted octanol–water partition coefficient (Wildman–Crippen LogP) is 3.67. The van der Waals surface area contributed by atoms with Gasteiger partial charge in [-0.2, -0.15) is 0 Å². The van der Waals surface area contributed by atoms with Crippen molar-refractivity contribution in [2.24, 2.45) is 0 Å². The third-order valence-corrected chi connectivity index (χ3v) is 4.16. The number of ether oxygens (including phenoxy) is 3. The van der Waals surface area contributed by atoms with E-state index in [0.717, 1.165) is 5.56 Å². The minimum absolute atomic E-state index is 0.0359. The van der Waals surface area contributed by atoms with Crippen LogP contribution >= 0.6 is 11.6 Å². The molecule has 2 aromatic rings. The first-order valence-electron chi connectivity index (χ1n) is 9.09. The van der Waals surface area contributed by atoms with Gasteiger partial charge in [0.15, 0.2) is 17.6 Å². The van der Waals surface area contributed by atoms with Gasteiger partial charge in [-0.15, -0.1) is 0 Å². The molecular weight excluding hydrogens is 396 g/mol. The van der Waals surface area contributed by atoms with Crippen LogP contribution in [0.3, 0.4) is 0 Å². The van der Waals surface area contributed by atoms with Gasteiger partial charge in [-0.25, -0.2) is 0 Å². The Kier molecular flexibility index (Phi) is 7.73. The summed E-state index contributed by atoms with van der Waals surface area (Å²) in [4.78, 5) is 24.6. The molecule has 0 spiro atoms. The van der Waals surface area contributed by atoms with Crippen molar-refractivity contribution in [3.8, 4) is 17.2 Å². The number of rotatable bonds is 7. The quantitative estimate of drug-likeness (QED) is 0.667. The van der Waals surface area contributed by atoms with E-state index >= 15 is 0 Å². The number of carbonyl (C=O) groups excluding carboxylic acids is 2. The molecule has 0 saturated heterocycles. The first-order valence-corrected chi connectivity index (χ1v) is 9.46. The number of nitrogens with one attached hydrogen (secondary N) is 2. The van der Waals surface area contributed by atoms with Crippen molar-refractivity contribution in [3.63, 3.8) is 0 Å². The standard InChI is InChI=1S/C21H25ClN2O5/c1-12(2)28-17-9-7-15(11-19(17)27-5)21(26)24-23-20(25)14(4)29-18-10-13(3)6-8-16(18)22/h6-12,14H,1-5H3,(H,23,25)(H,24,26). The van der Waals surface area contributed by atoms with E-state index in [0.29, 0.717) is 27.8 Å². The van der Waals surface area contributed by atoms with Gasteiger partial charge in [-0.3, -0.25) is 20.4 Å². The van der Waals surface area contributed by atoms with E-state index in [-0.39, 0.29) is 6.10 Å². The molecular formula is C21H25ClN2O5. The topological polar surface area (TPSA) is 85.9 Å². The summed E-state index contributed by atoms with van der Waals surface area (Å²) in [7, 11) is 1.49. The second kappa shape index (κ2) is 10.0. The van der Waals surface area contributed by atoms with Gasteiger partial charge in [0.1, 0.15) is 5.75 Å². The maximum Gasteiger partial charge on any atom is 0.279 e. The van der Waals surface area contributed by atoms with Gasteiger partial charge in [-0.1, -0.05) is 17.7 Å². The van der Waals surface area contributed by atoms with Crippen molar-refractivity contribution in [2.45, 2.75) is 39.9 Å². The molecule has 8 heteroatoms. The summed E-state index contributed by atoms with van der Waals surface area (Å²) in [5, 5.41) is 0.398. The number of aryl methyl sites for hydroxylation is 1. The lowest BCUT2D eigenvalue weighted by atomic mass is 10.2. The largest absolute Gasteiger partial charge is 0.493 e. The fraction of sp³-hybridized carbons (Fsp3) is 0.333. The maximum absolute atomic E-state index is 12.3. The van der Waals surface area contributed by atoms with E-state index in [1.54, 1.807) is 31.2 Å². The smallest absolute Gasteiger partial charge is 0.279 e. The van der Waals surface area contributed by atoms with Crippen molar-refractivity contribution < 1.29 is 23.8 Å². The Hall–Kier alpha value is -2.93. The van der Waals surface area contributed by atoms with Gasteiger partial charge >= 0.3 is 0 Å². The summed E-state index contributed by atoms with van der Waals surface area (Å²) >= 11 is 6.08. The number of hydrogen-bond acceptors (Lipinski definition) is 5. The molecule has 2 aromatic carbocycles. The molecule has 1 unspecified atom stereocenters. The molecule has 0 aliphatic carbocycles. The molecule has 0 saturated carbocycles. The summed E-state index contributed by atoms with van der Waals surface area (Å²) < 4.78 is 16.5. The van der Waals surface area contributed by atoms with Crippen LogP contribution in [0, 0.1) is 6.92 Å². The third kappa shape index (κ3) is 6.29. The Morgan fingerprint density at radius 2 is 1.66 bits per heavy atom. The van der Waals surface area contributed by atoms with Gasteiger partial charge in [0.05, 0.1) is 18.2 Å². The number of amides is 2. The molecule has 0 fully saturated rings. The maximum atomic E-state index is 12.3. The van der Waals surface area contributed by atoms with Gasteiger partial charge in [0, 0.05) is 5.56 Å². The molecule has 0 aliphatic heterocycles. The van der Waals surface area contributed by atoms with Crippen LogP contribution in [0.2, 0.25) is 5.02 Å². The second-order valence-electron chi connectivity index (χ2n) is 6.67. The number of methoxy groups -OCH3 is 1. The molecule has 29 heavy (non-hydrogen) atoms. The lowest BCUT2D eigenvalue weighted by molar-refractivity contribution is -0.128. The summed E-state index contributed by atoms with van der Waals surface area (Å²) in [5.41, 5.74) is 5.94. The number of carbonyl (C=O) groups is 2. The molecule has 7 nitrogen and oxygen atoms in total. The van der Waals surface area contributed by atoms with Crippen LogP contribution in [0.15, 0.2) is 36.4 Å². The molecule has 0 aromatic heterocycles. The normalized spacial score (nSPS) is 11.6. The fourth-order valence-electron chi connectivity index (χ4n) is 2.40. The minimum atomic E-state index is -0.869. The predicted molar refractivity (Wildman–Crippen MR) is 111 cm³/mol. The Bertz CT molecular complexity index is 885. The zero-order chi connectivity index (χ0) is 21.6. The van der Waals surface area contributed by atoms with Crippen LogP contribution < -0.4 is 25.1 Å². The highest BCUT2D eigenvalue weighted by molar-refractivity contribution is 6.32. The molecule has 1 atom stereocenters. The first kappa shape index (κ1) is 22.4. The van der Waals surface area contributed by atoms with Crippen molar-refractivity contribution in [2.75, 3.05) is 7.11 Å². The van der Waals surface area contributed by atoms with Crippen LogP contribution in [0.1, 0.15) is 36.7 Å². The molecule has 0 heterocycles. The molecule has 0 aliphatic rings. The van der Waals surface area contributed by atoms with Crippen molar-refractivity contribution in [1.29, 1.82) is 0 Å². The number of hydrogen-bond donors (Lipinski definition) is 2. The lowest BCUT2D eigenvalue weighted by Gasteiger charge is -2.17. The number of halogens is 1. The summed E-state index contributed by atoms with van der Waals surface area (Å²) in [6.45, 7) is 7.23. The zero-order valence-corrected chi connectivity index (χ0v) is 17.8. The summed E-state index contributed by atoms with van der Waals surface area (Å²) in [5.74, 6) is 0.311. The van der Waals surface area contributed by atoms with E-state index in [4.69, 9.17) is 25.8 Å². The van der Waals surface area contributed by atoms with Crippen LogP contribution in [0.25, 0.3) is 0 Å². The highest BCUT2D eigenvalue weighted by atomic mass is 35.5. The van der Waals surface area contributed by atoms with Crippen molar-refractivity contribution in [3.05, 3.63) is 52.5 Å². The van der Waals surface area contributed by atoms with Crippen LogP contribution in [0.5, 0.6) is 17.2 Å². The van der Waals surface area contributed by atoms with E-state index in [2.05, 4.69) is 10.9 Å².